The third-order valence-electron chi connectivity index (χ3n) is 1.66. The number of hydrogen-bond donors (Lipinski definition) is 1. The Morgan fingerprint density at radius 3 is 2.50 bits per heavy atom. The predicted molar refractivity (Wildman–Crippen MR) is 57.1 cm³/mol. The van der Waals surface area contributed by atoms with Gasteiger partial charge in [-0.05, 0) is 18.9 Å². The lowest BCUT2D eigenvalue weighted by molar-refractivity contribution is -0.138. The Labute approximate surface area is 84.8 Å². The minimum atomic E-state index is -0.491. The van der Waals surface area contributed by atoms with Gasteiger partial charge < -0.3 is 10.5 Å². The number of ether oxygens (including phenoxy) is 1. The van der Waals surface area contributed by atoms with Crippen LogP contribution in [0.25, 0.3) is 0 Å². The molecule has 0 saturated carbocycles. The predicted octanol–water partition coefficient (Wildman–Crippen LogP) is 1.12. The van der Waals surface area contributed by atoms with Crippen molar-refractivity contribution in [1.82, 2.24) is 0 Å². The van der Waals surface area contributed by atoms with Crippen molar-refractivity contribution < 1.29 is 9.53 Å². The van der Waals surface area contributed by atoms with Gasteiger partial charge in [-0.3, -0.25) is 4.99 Å². The first-order valence-corrected chi connectivity index (χ1v) is 4.63. The van der Waals surface area contributed by atoms with E-state index in [1.54, 1.807) is 20.0 Å². The van der Waals surface area contributed by atoms with Crippen LogP contribution in [0.3, 0.4) is 0 Å². The molecule has 80 valence electrons. The SMILES string of the molecule is CCOC(=O)/C(N)=C/C(=NC)C(C)C. The molecule has 0 unspecified atom stereocenters. The minimum absolute atomic E-state index is 0.0983. The molecule has 0 aromatic carbocycles. The van der Waals surface area contributed by atoms with E-state index in [1.165, 1.54) is 0 Å². The molecule has 14 heavy (non-hydrogen) atoms. The smallest absolute Gasteiger partial charge is 0.354 e. The Bertz CT molecular complexity index is 255. The van der Waals surface area contributed by atoms with E-state index in [0.717, 1.165) is 5.71 Å². The fraction of sp³-hybridized carbons (Fsp3) is 0.600. The van der Waals surface area contributed by atoms with Crippen LogP contribution in [0.4, 0.5) is 0 Å². The monoisotopic (exact) mass is 198 g/mol. The van der Waals surface area contributed by atoms with Gasteiger partial charge in [0.1, 0.15) is 5.70 Å². The standard InChI is InChI=1S/C10H18N2O2/c1-5-14-10(13)8(11)6-9(12-4)7(2)3/h6-7H,5,11H2,1-4H3/b8-6-,12-9?. The first-order valence-electron chi connectivity index (χ1n) is 4.63. The first kappa shape index (κ1) is 12.7. The number of aliphatic imine (C=N–C) groups is 1. The molecular formula is C10H18N2O2. The Balaban J connectivity index is 4.57. The Morgan fingerprint density at radius 1 is 1.57 bits per heavy atom. The Kier molecular flexibility index (Phi) is 5.60. The summed E-state index contributed by atoms with van der Waals surface area (Å²) in [5.74, 6) is -0.248. The molecular weight excluding hydrogens is 180 g/mol. The molecule has 0 aliphatic heterocycles. The van der Waals surface area contributed by atoms with Gasteiger partial charge >= 0.3 is 5.97 Å². The Morgan fingerprint density at radius 2 is 2.14 bits per heavy atom. The number of carbonyl (C=O) groups excluding carboxylic acids is 1. The zero-order chi connectivity index (χ0) is 11.1. The Hall–Kier alpha value is -1.32. The van der Waals surface area contributed by atoms with Gasteiger partial charge in [0, 0.05) is 12.8 Å². The highest BCUT2D eigenvalue weighted by molar-refractivity contribution is 6.02. The molecule has 2 N–H and O–H groups in total. The van der Waals surface area contributed by atoms with Gasteiger partial charge in [-0.1, -0.05) is 13.8 Å². The number of allylic oxidation sites excluding steroid dienone is 1. The molecule has 4 heteroatoms. The summed E-state index contributed by atoms with van der Waals surface area (Å²) in [5, 5.41) is 0. The molecule has 0 atom stereocenters. The van der Waals surface area contributed by atoms with Crippen molar-refractivity contribution in [3.05, 3.63) is 11.8 Å². The molecule has 0 fully saturated rings. The highest BCUT2D eigenvalue weighted by Crippen LogP contribution is 2.01. The van der Waals surface area contributed by atoms with Gasteiger partial charge in [-0.15, -0.1) is 0 Å². The van der Waals surface area contributed by atoms with Crippen molar-refractivity contribution in [3.63, 3.8) is 0 Å². The van der Waals surface area contributed by atoms with E-state index in [9.17, 15) is 4.79 Å². The number of nitrogens with zero attached hydrogens (tertiary/aromatic N) is 1. The fourth-order valence-corrected chi connectivity index (χ4v) is 0.922. The summed E-state index contributed by atoms with van der Waals surface area (Å²) in [6.07, 6.45) is 1.56. The lowest BCUT2D eigenvalue weighted by Gasteiger charge is -2.06. The van der Waals surface area contributed by atoms with Gasteiger partial charge in [0.15, 0.2) is 0 Å². The lowest BCUT2D eigenvalue weighted by atomic mass is 10.1. The largest absolute Gasteiger partial charge is 0.461 e. The van der Waals surface area contributed by atoms with Crippen molar-refractivity contribution >= 4 is 11.7 Å². The van der Waals surface area contributed by atoms with Crippen LogP contribution in [0.2, 0.25) is 0 Å². The maximum atomic E-state index is 11.1. The summed E-state index contributed by atoms with van der Waals surface area (Å²) < 4.78 is 4.74. The third kappa shape index (κ3) is 4.07. The van der Waals surface area contributed by atoms with Crippen LogP contribution in [0.1, 0.15) is 20.8 Å². The first-order chi connectivity index (χ1) is 6.52. The highest BCUT2D eigenvalue weighted by atomic mass is 16.5. The molecule has 0 saturated heterocycles. The molecule has 4 nitrogen and oxygen atoms in total. The van der Waals surface area contributed by atoms with Crippen LogP contribution in [-0.2, 0) is 9.53 Å². The lowest BCUT2D eigenvalue weighted by Crippen LogP contribution is -2.17. The second-order valence-electron chi connectivity index (χ2n) is 3.12. The van der Waals surface area contributed by atoms with E-state index in [1.807, 2.05) is 13.8 Å². The number of hydrogen-bond acceptors (Lipinski definition) is 4. The van der Waals surface area contributed by atoms with Gasteiger partial charge in [0.25, 0.3) is 0 Å². The molecule has 0 aliphatic carbocycles. The topological polar surface area (TPSA) is 64.7 Å². The molecule has 0 aliphatic rings. The zero-order valence-electron chi connectivity index (χ0n) is 9.20. The average Bonchev–Trinajstić information content (AvgIpc) is 2.13. The van der Waals surface area contributed by atoms with Crippen LogP contribution in [0.15, 0.2) is 16.8 Å². The van der Waals surface area contributed by atoms with Crippen molar-refractivity contribution in [2.75, 3.05) is 13.7 Å². The van der Waals surface area contributed by atoms with Gasteiger partial charge in [-0.25, -0.2) is 4.79 Å². The summed E-state index contributed by atoms with van der Waals surface area (Å²) in [4.78, 5) is 15.2. The van der Waals surface area contributed by atoms with Gasteiger partial charge in [0.2, 0.25) is 0 Å². The van der Waals surface area contributed by atoms with Crippen LogP contribution in [0.5, 0.6) is 0 Å². The number of nitrogens with two attached hydrogens (primary N) is 1. The van der Waals surface area contributed by atoms with Crippen molar-refractivity contribution in [2.45, 2.75) is 20.8 Å². The molecule has 0 bridgehead atoms. The van der Waals surface area contributed by atoms with Crippen molar-refractivity contribution in [1.29, 1.82) is 0 Å². The fourth-order valence-electron chi connectivity index (χ4n) is 0.922. The molecule has 0 heterocycles. The van der Waals surface area contributed by atoms with Crippen LogP contribution in [0, 0.1) is 5.92 Å². The number of esters is 1. The van der Waals surface area contributed by atoms with Crippen molar-refractivity contribution in [2.24, 2.45) is 16.6 Å². The summed E-state index contributed by atoms with van der Waals surface area (Å²) in [6, 6.07) is 0. The zero-order valence-corrected chi connectivity index (χ0v) is 9.20. The molecule has 0 aromatic rings. The normalized spacial score (nSPS) is 13.2. The average molecular weight is 198 g/mol. The minimum Gasteiger partial charge on any atom is -0.461 e. The summed E-state index contributed by atoms with van der Waals surface area (Å²) >= 11 is 0. The maximum absolute atomic E-state index is 11.1. The third-order valence-corrected chi connectivity index (χ3v) is 1.66. The van der Waals surface area contributed by atoms with E-state index in [0.29, 0.717) is 6.61 Å². The van der Waals surface area contributed by atoms with Gasteiger partial charge in [-0.2, -0.15) is 0 Å². The molecule has 0 radical (unpaired) electrons. The molecule has 0 rings (SSSR count). The highest BCUT2D eigenvalue weighted by Gasteiger charge is 2.08. The summed E-state index contributed by atoms with van der Waals surface area (Å²) in [6.45, 7) is 6.03. The van der Waals surface area contributed by atoms with E-state index in [-0.39, 0.29) is 11.6 Å². The quantitative estimate of drug-likeness (QED) is 0.418. The van der Waals surface area contributed by atoms with Crippen LogP contribution >= 0.6 is 0 Å². The van der Waals surface area contributed by atoms with Gasteiger partial charge in [0.05, 0.1) is 6.61 Å². The van der Waals surface area contributed by atoms with E-state index < -0.39 is 5.97 Å². The molecule has 0 spiro atoms. The number of rotatable bonds is 4. The van der Waals surface area contributed by atoms with E-state index in [4.69, 9.17) is 10.5 Å². The van der Waals surface area contributed by atoms with E-state index >= 15 is 0 Å². The van der Waals surface area contributed by atoms with Crippen LogP contribution < -0.4 is 5.73 Å². The number of carbonyl (C=O) groups is 1. The summed E-state index contributed by atoms with van der Waals surface area (Å²) in [5.41, 5.74) is 6.41. The van der Waals surface area contributed by atoms with Crippen LogP contribution in [-0.4, -0.2) is 25.3 Å². The molecule has 0 amide bonds. The summed E-state index contributed by atoms with van der Waals surface area (Å²) in [7, 11) is 1.67. The second kappa shape index (κ2) is 6.18. The molecule has 0 aromatic heterocycles. The second-order valence-corrected chi connectivity index (χ2v) is 3.12. The van der Waals surface area contributed by atoms with Crippen molar-refractivity contribution in [3.8, 4) is 0 Å². The van der Waals surface area contributed by atoms with E-state index in [2.05, 4.69) is 4.99 Å². The maximum Gasteiger partial charge on any atom is 0.354 e.